The van der Waals surface area contributed by atoms with Crippen molar-refractivity contribution in [3.05, 3.63) is 45.3 Å². The number of thiazole rings is 1. The molecule has 1 fully saturated rings. The van der Waals surface area contributed by atoms with Gasteiger partial charge in [0.15, 0.2) is 17.3 Å². The second-order valence-electron chi connectivity index (χ2n) is 6.49. The van der Waals surface area contributed by atoms with E-state index in [2.05, 4.69) is 18.8 Å². The van der Waals surface area contributed by atoms with E-state index in [0.29, 0.717) is 45.6 Å². The number of thioether (sulfide) groups is 1. The van der Waals surface area contributed by atoms with Gasteiger partial charge in [-0.2, -0.15) is 0 Å². The van der Waals surface area contributed by atoms with Gasteiger partial charge in [0.25, 0.3) is 0 Å². The molecule has 2 heterocycles. The van der Waals surface area contributed by atoms with Crippen LogP contribution in [0.15, 0.2) is 34.7 Å². The zero-order valence-corrected chi connectivity index (χ0v) is 17.2. The van der Waals surface area contributed by atoms with Crippen molar-refractivity contribution in [2.45, 2.75) is 26.7 Å². The van der Waals surface area contributed by atoms with Crippen LogP contribution in [0.25, 0.3) is 6.08 Å². The number of carbonyl (C=O) groups is 1. The highest BCUT2D eigenvalue weighted by Gasteiger charge is 2.38. The van der Waals surface area contributed by atoms with E-state index in [-0.39, 0.29) is 5.78 Å². The average Bonchev–Trinajstić information content (AvgIpc) is 3.23. The van der Waals surface area contributed by atoms with Crippen LogP contribution in [0.3, 0.4) is 0 Å². The highest BCUT2D eigenvalue weighted by molar-refractivity contribution is 8.19. The van der Waals surface area contributed by atoms with E-state index in [1.807, 2.05) is 36.6 Å². The summed E-state index contributed by atoms with van der Waals surface area (Å²) in [5.41, 5.74) is 0.846. The number of nitrogens with one attached hydrogen (secondary N) is 1. The van der Waals surface area contributed by atoms with Gasteiger partial charge in [0.2, 0.25) is 0 Å². The quantitative estimate of drug-likeness (QED) is 0.660. The SMILES string of the molecule is CCOc1cc(C=C2SC(=N)C(c3nccs3)C2=O)ccc1OCC(C)C. The molecule has 1 aliphatic rings. The molecule has 1 aliphatic heterocycles. The van der Waals surface area contributed by atoms with Crippen molar-refractivity contribution >= 4 is 40.0 Å². The Hall–Kier alpha value is -2.12. The second kappa shape index (κ2) is 8.71. The van der Waals surface area contributed by atoms with E-state index in [0.717, 1.165) is 5.56 Å². The third-order valence-corrected chi connectivity index (χ3v) is 5.66. The molecular formula is C20H22N2O3S2. The number of allylic oxidation sites excluding steroid dienone is 1. The molecule has 1 atom stereocenters. The molecule has 142 valence electrons. The number of Topliss-reactive ketones (excluding diaryl/α,β-unsaturated/α-hetero) is 1. The van der Waals surface area contributed by atoms with E-state index in [1.165, 1.54) is 23.1 Å². The lowest BCUT2D eigenvalue weighted by Gasteiger charge is -2.14. The zero-order valence-electron chi connectivity index (χ0n) is 15.5. The topological polar surface area (TPSA) is 72.3 Å². The summed E-state index contributed by atoms with van der Waals surface area (Å²) in [6, 6.07) is 5.65. The first kappa shape index (κ1) is 19.6. The molecule has 1 unspecified atom stereocenters. The van der Waals surface area contributed by atoms with Gasteiger partial charge >= 0.3 is 0 Å². The normalized spacial score (nSPS) is 18.5. The molecule has 0 amide bonds. The predicted molar refractivity (Wildman–Crippen MR) is 111 cm³/mol. The lowest BCUT2D eigenvalue weighted by Crippen LogP contribution is -2.11. The van der Waals surface area contributed by atoms with Crippen molar-refractivity contribution in [3.63, 3.8) is 0 Å². The van der Waals surface area contributed by atoms with Crippen LogP contribution < -0.4 is 9.47 Å². The summed E-state index contributed by atoms with van der Waals surface area (Å²) in [7, 11) is 0. The van der Waals surface area contributed by atoms with E-state index >= 15 is 0 Å². The summed E-state index contributed by atoms with van der Waals surface area (Å²) in [4.78, 5) is 17.5. The van der Waals surface area contributed by atoms with Crippen LogP contribution in [-0.2, 0) is 4.79 Å². The van der Waals surface area contributed by atoms with Gasteiger partial charge in [-0.15, -0.1) is 11.3 Å². The van der Waals surface area contributed by atoms with Gasteiger partial charge in [0.05, 0.1) is 23.2 Å². The van der Waals surface area contributed by atoms with Crippen LogP contribution >= 0.6 is 23.1 Å². The maximum absolute atomic E-state index is 12.8. The van der Waals surface area contributed by atoms with E-state index in [9.17, 15) is 4.79 Å². The number of benzene rings is 1. The molecule has 1 aromatic carbocycles. The summed E-state index contributed by atoms with van der Waals surface area (Å²) >= 11 is 2.61. The second-order valence-corrected chi connectivity index (χ2v) is 8.50. The van der Waals surface area contributed by atoms with Gasteiger partial charge < -0.3 is 9.47 Å². The van der Waals surface area contributed by atoms with Crippen LogP contribution in [0, 0.1) is 11.3 Å². The van der Waals surface area contributed by atoms with E-state index < -0.39 is 5.92 Å². The Morgan fingerprint density at radius 2 is 2.11 bits per heavy atom. The molecule has 2 aromatic rings. The predicted octanol–water partition coefficient (Wildman–Crippen LogP) is 4.99. The third-order valence-electron chi connectivity index (χ3n) is 3.82. The molecular weight excluding hydrogens is 380 g/mol. The fraction of sp³-hybridized carbons (Fsp3) is 0.350. The minimum atomic E-state index is -0.568. The molecule has 1 N–H and O–H groups in total. The Balaban J connectivity index is 1.85. The van der Waals surface area contributed by atoms with Gasteiger partial charge in [-0.05, 0) is 36.6 Å². The monoisotopic (exact) mass is 402 g/mol. The number of hydrogen-bond donors (Lipinski definition) is 1. The smallest absolute Gasteiger partial charge is 0.186 e. The Morgan fingerprint density at radius 3 is 2.78 bits per heavy atom. The minimum Gasteiger partial charge on any atom is -0.490 e. The van der Waals surface area contributed by atoms with Crippen molar-refractivity contribution in [2.24, 2.45) is 5.92 Å². The summed E-state index contributed by atoms with van der Waals surface area (Å²) < 4.78 is 11.5. The van der Waals surface area contributed by atoms with Gasteiger partial charge in [-0.3, -0.25) is 10.2 Å². The average molecular weight is 403 g/mol. The summed E-state index contributed by atoms with van der Waals surface area (Å²) in [5, 5.41) is 11.0. The Bertz CT molecular complexity index is 860. The van der Waals surface area contributed by atoms with Crippen LogP contribution in [0.2, 0.25) is 0 Å². The van der Waals surface area contributed by atoms with E-state index in [4.69, 9.17) is 14.9 Å². The maximum atomic E-state index is 12.8. The molecule has 0 bridgehead atoms. The van der Waals surface area contributed by atoms with Crippen LogP contribution in [0.1, 0.15) is 37.3 Å². The lowest BCUT2D eigenvalue weighted by molar-refractivity contribution is -0.114. The third kappa shape index (κ3) is 4.59. The van der Waals surface area contributed by atoms with Crippen LogP contribution in [0.4, 0.5) is 0 Å². The number of hydrogen-bond acceptors (Lipinski definition) is 7. The lowest BCUT2D eigenvalue weighted by atomic mass is 10.0. The molecule has 0 saturated carbocycles. The maximum Gasteiger partial charge on any atom is 0.186 e. The summed E-state index contributed by atoms with van der Waals surface area (Å²) in [6.07, 6.45) is 3.47. The highest BCUT2D eigenvalue weighted by Crippen LogP contribution is 2.41. The van der Waals surface area contributed by atoms with Crippen molar-refractivity contribution < 1.29 is 14.3 Å². The first-order valence-electron chi connectivity index (χ1n) is 8.80. The molecule has 3 rings (SSSR count). The Labute approximate surface area is 167 Å². The fourth-order valence-corrected chi connectivity index (χ4v) is 4.41. The largest absolute Gasteiger partial charge is 0.490 e. The van der Waals surface area contributed by atoms with Crippen molar-refractivity contribution in [2.75, 3.05) is 13.2 Å². The van der Waals surface area contributed by atoms with Crippen molar-refractivity contribution in [1.29, 1.82) is 5.41 Å². The molecule has 1 aromatic heterocycles. The van der Waals surface area contributed by atoms with Gasteiger partial charge in [0, 0.05) is 11.6 Å². The molecule has 27 heavy (non-hydrogen) atoms. The van der Waals surface area contributed by atoms with Crippen molar-refractivity contribution in [3.8, 4) is 11.5 Å². The standard InChI is InChI=1S/C20H22N2O3S2/c1-4-24-15-9-13(5-6-14(15)25-11-12(2)3)10-16-18(23)17(19(21)27-16)20-22-7-8-26-20/h5-10,12,17,21H,4,11H2,1-3H3. The molecule has 5 nitrogen and oxygen atoms in total. The number of carbonyl (C=O) groups excluding carboxylic acids is 1. The number of aromatic nitrogens is 1. The number of rotatable bonds is 7. The molecule has 0 aliphatic carbocycles. The number of ketones is 1. The zero-order chi connectivity index (χ0) is 19.4. The molecule has 7 heteroatoms. The molecule has 0 spiro atoms. The highest BCUT2D eigenvalue weighted by atomic mass is 32.2. The first-order valence-corrected chi connectivity index (χ1v) is 10.5. The molecule has 1 saturated heterocycles. The Morgan fingerprint density at radius 1 is 1.30 bits per heavy atom. The molecule has 0 radical (unpaired) electrons. The Kier molecular flexibility index (Phi) is 6.34. The summed E-state index contributed by atoms with van der Waals surface area (Å²) in [6.45, 7) is 7.25. The first-order chi connectivity index (χ1) is 13.0. The van der Waals surface area contributed by atoms with Crippen LogP contribution in [-0.4, -0.2) is 29.0 Å². The number of ether oxygens (including phenoxy) is 2. The number of nitrogens with zero attached hydrogens (tertiary/aromatic N) is 1. The van der Waals surface area contributed by atoms with Gasteiger partial charge in [-0.25, -0.2) is 4.98 Å². The fourth-order valence-electron chi connectivity index (χ4n) is 2.60. The van der Waals surface area contributed by atoms with Crippen molar-refractivity contribution in [1.82, 2.24) is 4.98 Å². The van der Waals surface area contributed by atoms with E-state index in [1.54, 1.807) is 6.20 Å². The summed E-state index contributed by atoms with van der Waals surface area (Å²) in [5.74, 6) is 1.14. The van der Waals surface area contributed by atoms with Crippen LogP contribution in [0.5, 0.6) is 11.5 Å². The van der Waals surface area contributed by atoms with Gasteiger partial charge in [0.1, 0.15) is 10.9 Å². The minimum absolute atomic E-state index is 0.0713. The van der Waals surface area contributed by atoms with Gasteiger partial charge in [-0.1, -0.05) is 31.7 Å².